The molecule has 0 radical (unpaired) electrons. The van der Waals surface area contributed by atoms with E-state index in [4.69, 9.17) is 11.6 Å². The predicted octanol–water partition coefficient (Wildman–Crippen LogP) is 3.06. The first-order chi connectivity index (χ1) is 6.97. The van der Waals surface area contributed by atoms with E-state index in [1.807, 2.05) is 0 Å². The lowest BCUT2D eigenvalue weighted by atomic mass is 10.3. The second-order valence-electron chi connectivity index (χ2n) is 2.48. The van der Waals surface area contributed by atoms with E-state index in [1.165, 1.54) is 0 Å². The van der Waals surface area contributed by atoms with E-state index in [2.05, 4.69) is 9.72 Å². The van der Waals surface area contributed by atoms with E-state index in [0.29, 0.717) is 3.57 Å². The zero-order valence-corrected chi connectivity index (χ0v) is 10.3. The highest BCUT2D eigenvalue weighted by Gasteiger charge is 2.20. The molecular weight excluding hydrogens is 342 g/mol. The molecule has 82 valence electrons. The zero-order valence-electron chi connectivity index (χ0n) is 7.43. The van der Waals surface area contributed by atoms with Gasteiger partial charge in [-0.25, -0.2) is 18.6 Å². The highest BCUT2D eigenvalue weighted by Crippen LogP contribution is 2.26. The Morgan fingerprint density at radius 1 is 1.67 bits per heavy atom. The van der Waals surface area contributed by atoms with Gasteiger partial charge in [0.25, 0.3) is 6.43 Å². The van der Waals surface area contributed by atoms with Gasteiger partial charge < -0.3 is 4.74 Å². The summed E-state index contributed by atoms with van der Waals surface area (Å²) in [6.07, 6.45) is -2.78. The summed E-state index contributed by atoms with van der Waals surface area (Å²) in [6.45, 7) is 0. The van der Waals surface area contributed by atoms with Crippen molar-refractivity contribution in [2.45, 2.75) is 6.43 Å². The summed E-state index contributed by atoms with van der Waals surface area (Å²) in [5.41, 5.74) is -0.735. The minimum Gasteiger partial charge on any atom is -0.464 e. The second kappa shape index (κ2) is 5.02. The summed E-state index contributed by atoms with van der Waals surface area (Å²) in [7, 11) is 1.14. The molecule has 0 unspecified atom stereocenters. The van der Waals surface area contributed by atoms with Crippen molar-refractivity contribution in [3.05, 3.63) is 26.0 Å². The summed E-state index contributed by atoms with van der Waals surface area (Å²) in [6, 6.07) is 1.03. The van der Waals surface area contributed by atoms with Gasteiger partial charge in [0.1, 0.15) is 5.69 Å². The topological polar surface area (TPSA) is 39.2 Å². The van der Waals surface area contributed by atoms with E-state index in [9.17, 15) is 13.6 Å². The predicted molar refractivity (Wildman–Crippen MR) is 58.3 cm³/mol. The number of carbonyl (C=O) groups is 1. The number of hydrogen-bond donors (Lipinski definition) is 0. The highest BCUT2D eigenvalue weighted by molar-refractivity contribution is 14.1. The molecule has 7 heteroatoms. The van der Waals surface area contributed by atoms with Crippen molar-refractivity contribution in [3.8, 4) is 0 Å². The lowest BCUT2D eigenvalue weighted by molar-refractivity contribution is 0.0591. The van der Waals surface area contributed by atoms with Crippen molar-refractivity contribution in [1.82, 2.24) is 4.98 Å². The number of alkyl halides is 2. The van der Waals surface area contributed by atoms with Crippen LogP contribution in [0.25, 0.3) is 0 Å². The molecule has 1 aromatic heterocycles. The third-order valence-corrected chi connectivity index (χ3v) is 3.24. The van der Waals surface area contributed by atoms with Crippen LogP contribution in [0, 0.1) is 3.57 Å². The Morgan fingerprint density at radius 2 is 2.27 bits per heavy atom. The van der Waals surface area contributed by atoms with Crippen LogP contribution in [-0.2, 0) is 4.74 Å². The van der Waals surface area contributed by atoms with Crippen molar-refractivity contribution in [3.63, 3.8) is 0 Å². The Bertz CT molecular complexity index is 400. The number of esters is 1. The Kier molecular flexibility index (Phi) is 4.21. The molecule has 0 aliphatic carbocycles. The van der Waals surface area contributed by atoms with E-state index in [0.717, 1.165) is 13.2 Å². The number of carbonyl (C=O) groups excluding carboxylic acids is 1. The number of rotatable bonds is 2. The van der Waals surface area contributed by atoms with E-state index in [1.54, 1.807) is 22.6 Å². The maximum Gasteiger partial charge on any atom is 0.357 e. The van der Waals surface area contributed by atoms with Gasteiger partial charge in [-0.3, -0.25) is 0 Å². The van der Waals surface area contributed by atoms with Crippen LogP contribution in [0.5, 0.6) is 0 Å². The molecule has 3 nitrogen and oxygen atoms in total. The molecule has 15 heavy (non-hydrogen) atoms. The summed E-state index contributed by atoms with van der Waals surface area (Å²) in [5, 5.41) is 0.0568. The average Bonchev–Trinajstić information content (AvgIpc) is 2.20. The van der Waals surface area contributed by atoms with Gasteiger partial charge in [-0.2, -0.15) is 0 Å². The van der Waals surface area contributed by atoms with Crippen molar-refractivity contribution in [2.24, 2.45) is 0 Å². The molecule has 0 saturated carbocycles. The minimum atomic E-state index is -2.78. The van der Waals surface area contributed by atoms with Crippen LogP contribution < -0.4 is 0 Å². The second-order valence-corrected chi connectivity index (χ2v) is 3.97. The van der Waals surface area contributed by atoms with Gasteiger partial charge in [0.05, 0.1) is 15.7 Å². The molecular formula is C8H5ClF2INO2. The molecule has 1 heterocycles. The molecule has 1 rings (SSSR count). The zero-order chi connectivity index (χ0) is 11.6. The fraction of sp³-hybridized carbons (Fsp3) is 0.250. The maximum absolute atomic E-state index is 12.4. The van der Waals surface area contributed by atoms with Crippen LogP contribution in [0.4, 0.5) is 8.78 Å². The summed E-state index contributed by atoms with van der Waals surface area (Å²) >= 11 is 7.42. The van der Waals surface area contributed by atoms with Crippen LogP contribution in [0.1, 0.15) is 22.6 Å². The van der Waals surface area contributed by atoms with Crippen molar-refractivity contribution in [1.29, 1.82) is 0 Å². The number of ether oxygens (including phenoxy) is 1. The number of pyridine rings is 1. The Morgan fingerprint density at radius 3 is 2.73 bits per heavy atom. The van der Waals surface area contributed by atoms with Crippen molar-refractivity contribution >= 4 is 40.2 Å². The first-order valence-corrected chi connectivity index (χ1v) is 5.15. The lowest BCUT2D eigenvalue weighted by Gasteiger charge is -2.06. The molecule has 0 N–H and O–H groups in total. The van der Waals surface area contributed by atoms with Crippen LogP contribution in [-0.4, -0.2) is 18.1 Å². The minimum absolute atomic E-state index is 0.0568. The smallest absolute Gasteiger partial charge is 0.357 e. The largest absolute Gasteiger partial charge is 0.464 e. The molecule has 0 bridgehead atoms. The Labute approximate surface area is 103 Å². The average molecular weight is 347 g/mol. The summed E-state index contributed by atoms with van der Waals surface area (Å²) < 4.78 is 29.4. The number of nitrogens with zero attached hydrogens (tertiary/aromatic N) is 1. The monoisotopic (exact) mass is 347 g/mol. The van der Waals surface area contributed by atoms with Gasteiger partial charge in [-0.1, -0.05) is 11.6 Å². The molecule has 0 aliphatic heterocycles. The van der Waals surface area contributed by atoms with Crippen LogP contribution >= 0.6 is 34.2 Å². The van der Waals surface area contributed by atoms with Crippen LogP contribution in [0.15, 0.2) is 6.07 Å². The third kappa shape index (κ3) is 2.75. The number of hydrogen-bond acceptors (Lipinski definition) is 3. The van der Waals surface area contributed by atoms with E-state index < -0.39 is 18.1 Å². The molecule has 0 fully saturated rings. The van der Waals surface area contributed by atoms with E-state index in [-0.39, 0.29) is 10.7 Å². The fourth-order valence-corrected chi connectivity index (χ4v) is 1.56. The summed E-state index contributed by atoms with van der Waals surface area (Å²) in [4.78, 5) is 14.7. The third-order valence-electron chi connectivity index (χ3n) is 1.54. The standard InChI is InChI=1S/C8H5ClF2INO2/c1-15-8(14)6-5(12)3(9)2-4(13-6)7(10)11/h2,7H,1H3. The molecule has 0 aromatic carbocycles. The van der Waals surface area contributed by atoms with Crippen LogP contribution in [0.2, 0.25) is 5.02 Å². The molecule has 1 aromatic rings. The van der Waals surface area contributed by atoms with Gasteiger partial charge in [0.2, 0.25) is 0 Å². The molecule has 0 spiro atoms. The molecule has 0 aliphatic rings. The Hall–Kier alpha value is -0.500. The molecule has 0 atom stereocenters. The number of halogens is 4. The van der Waals surface area contributed by atoms with Gasteiger partial charge in [0, 0.05) is 0 Å². The maximum atomic E-state index is 12.4. The van der Waals surface area contributed by atoms with E-state index >= 15 is 0 Å². The van der Waals surface area contributed by atoms with Crippen LogP contribution in [0.3, 0.4) is 0 Å². The van der Waals surface area contributed by atoms with Gasteiger partial charge in [0.15, 0.2) is 5.69 Å². The number of aromatic nitrogens is 1. The van der Waals surface area contributed by atoms with Crippen molar-refractivity contribution in [2.75, 3.05) is 7.11 Å². The number of methoxy groups -OCH3 is 1. The SMILES string of the molecule is COC(=O)c1nc(C(F)F)cc(Cl)c1I. The quantitative estimate of drug-likeness (QED) is 0.610. The first-order valence-electron chi connectivity index (χ1n) is 3.69. The van der Waals surface area contributed by atoms with Gasteiger partial charge >= 0.3 is 5.97 Å². The van der Waals surface area contributed by atoms with Gasteiger partial charge in [-0.15, -0.1) is 0 Å². The first kappa shape index (κ1) is 12.6. The van der Waals surface area contributed by atoms with Gasteiger partial charge in [-0.05, 0) is 28.7 Å². The molecule has 0 saturated heterocycles. The Balaban J connectivity index is 3.31. The normalized spacial score (nSPS) is 10.5. The highest BCUT2D eigenvalue weighted by atomic mass is 127. The molecule has 0 amide bonds. The summed E-state index contributed by atoms with van der Waals surface area (Å²) in [5.74, 6) is -0.788. The lowest BCUT2D eigenvalue weighted by Crippen LogP contribution is -2.09. The van der Waals surface area contributed by atoms with Crippen molar-refractivity contribution < 1.29 is 18.3 Å². The fourth-order valence-electron chi connectivity index (χ4n) is 0.860.